The molecule has 1 atom stereocenters. The predicted octanol–water partition coefficient (Wildman–Crippen LogP) is 3.17. The Kier molecular flexibility index (Phi) is 5.38. The minimum Gasteiger partial charge on any atom is -0.375 e. The summed E-state index contributed by atoms with van der Waals surface area (Å²) < 4.78 is 29.0. The highest BCUT2D eigenvalue weighted by Gasteiger charge is 2.13. The second-order valence-electron chi connectivity index (χ2n) is 4.51. The van der Waals surface area contributed by atoms with E-state index in [1.54, 1.807) is 6.20 Å². The Hall–Kier alpha value is -1.59. The van der Waals surface area contributed by atoms with Gasteiger partial charge in [-0.15, -0.1) is 0 Å². The van der Waals surface area contributed by atoms with Gasteiger partial charge in [0.2, 0.25) is 0 Å². The van der Waals surface area contributed by atoms with E-state index in [4.69, 9.17) is 4.74 Å². The molecule has 1 aromatic heterocycles. The van der Waals surface area contributed by atoms with Crippen molar-refractivity contribution in [1.29, 1.82) is 0 Å². The molecule has 0 saturated heterocycles. The van der Waals surface area contributed by atoms with Crippen molar-refractivity contribution in [3.63, 3.8) is 0 Å². The Morgan fingerprint density at radius 2 is 2.10 bits per heavy atom. The number of nitrogens with one attached hydrogen (secondary N) is 1. The summed E-state index contributed by atoms with van der Waals surface area (Å²) in [5.41, 5.74) is 2.04. The maximum Gasteiger partial charge on any atom is 0.261 e. The third-order valence-corrected chi connectivity index (χ3v) is 3.20. The van der Waals surface area contributed by atoms with Crippen molar-refractivity contribution >= 4 is 10.9 Å². The van der Waals surface area contributed by atoms with Gasteiger partial charge in [-0.3, -0.25) is 4.98 Å². The summed E-state index contributed by atoms with van der Waals surface area (Å²) >= 11 is 0. The van der Waals surface area contributed by atoms with Gasteiger partial charge in [-0.1, -0.05) is 18.2 Å². The number of alkyl halides is 2. The molecule has 1 N–H and O–H groups in total. The van der Waals surface area contributed by atoms with Crippen molar-refractivity contribution in [1.82, 2.24) is 10.3 Å². The molecule has 2 rings (SSSR count). The molecule has 0 aliphatic heterocycles. The van der Waals surface area contributed by atoms with Gasteiger partial charge in [-0.25, -0.2) is 8.78 Å². The van der Waals surface area contributed by atoms with Crippen LogP contribution in [-0.4, -0.2) is 31.7 Å². The maximum absolute atomic E-state index is 12.0. The Labute approximate surface area is 117 Å². The molecule has 1 heterocycles. The monoisotopic (exact) mass is 280 g/mol. The lowest BCUT2D eigenvalue weighted by Gasteiger charge is -2.18. The second kappa shape index (κ2) is 7.26. The molecule has 0 radical (unpaired) electrons. The SMILES string of the molecule is CNC(CCOCC(F)F)c1cccc2ncccc12. The molecule has 20 heavy (non-hydrogen) atoms. The zero-order valence-electron chi connectivity index (χ0n) is 11.4. The van der Waals surface area contributed by atoms with Gasteiger partial charge in [0.1, 0.15) is 6.61 Å². The molecular formula is C15H18F2N2O. The fourth-order valence-corrected chi connectivity index (χ4v) is 2.26. The van der Waals surface area contributed by atoms with Crippen molar-refractivity contribution in [3.8, 4) is 0 Å². The van der Waals surface area contributed by atoms with Crippen LogP contribution in [0.1, 0.15) is 18.0 Å². The van der Waals surface area contributed by atoms with E-state index >= 15 is 0 Å². The first-order chi connectivity index (χ1) is 9.72. The number of nitrogens with zero attached hydrogens (tertiary/aromatic N) is 1. The summed E-state index contributed by atoms with van der Waals surface area (Å²) in [5.74, 6) is 0. The highest BCUT2D eigenvalue weighted by atomic mass is 19.3. The topological polar surface area (TPSA) is 34.1 Å². The van der Waals surface area contributed by atoms with Gasteiger partial charge in [0, 0.05) is 24.2 Å². The summed E-state index contributed by atoms with van der Waals surface area (Å²) in [6, 6.07) is 9.90. The van der Waals surface area contributed by atoms with Crippen LogP contribution in [0.4, 0.5) is 8.78 Å². The third kappa shape index (κ3) is 3.71. The normalized spacial score (nSPS) is 13.0. The standard InChI is InChI=1S/C15H18F2N2O/c1-18-13(7-9-20-10-15(16)17)11-4-2-6-14-12(11)5-3-8-19-14/h2-6,8,13,15,18H,7,9-10H2,1H3. The van der Waals surface area contributed by atoms with E-state index in [0.717, 1.165) is 16.5 Å². The third-order valence-electron chi connectivity index (χ3n) is 3.20. The van der Waals surface area contributed by atoms with Crippen molar-refractivity contribution in [3.05, 3.63) is 42.1 Å². The minimum atomic E-state index is -2.41. The number of benzene rings is 1. The predicted molar refractivity (Wildman–Crippen MR) is 75.0 cm³/mol. The molecule has 1 unspecified atom stereocenters. The quantitative estimate of drug-likeness (QED) is 0.791. The lowest BCUT2D eigenvalue weighted by Crippen LogP contribution is -2.19. The molecule has 0 fully saturated rings. The molecule has 0 spiro atoms. The van der Waals surface area contributed by atoms with E-state index in [9.17, 15) is 8.78 Å². The first-order valence-electron chi connectivity index (χ1n) is 6.59. The molecular weight excluding hydrogens is 262 g/mol. The van der Waals surface area contributed by atoms with Gasteiger partial charge in [-0.2, -0.15) is 0 Å². The highest BCUT2D eigenvalue weighted by Crippen LogP contribution is 2.24. The Bertz CT molecular complexity index is 543. The minimum absolute atomic E-state index is 0.0561. The summed E-state index contributed by atoms with van der Waals surface area (Å²) in [7, 11) is 1.85. The lowest BCUT2D eigenvalue weighted by atomic mass is 9.99. The maximum atomic E-state index is 12.0. The highest BCUT2D eigenvalue weighted by molar-refractivity contribution is 5.82. The first-order valence-corrected chi connectivity index (χ1v) is 6.59. The van der Waals surface area contributed by atoms with Crippen LogP contribution >= 0.6 is 0 Å². The van der Waals surface area contributed by atoms with Crippen LogP contribution in [0.2, 0.25) is 0 Å². The van der Waals surface area contributed by atoms with Gasteiger partial charge in [-0.05, 0) is 31.2 Å². The molecule has 2 aromatic rings. The Morgan fingerprint density at radius 1 is 1.25 bits per heavy atom. The molecule has 0 saturated carbocycles. The molecule has 0 bridgehead atoms. The summed E-state index contributed by atoms with van der Waals surface area (Å²) in [6.07, 6.45) is -0.0199. The number of ether oxygens (including phenoxy) is 1. The number of hydrogen-bond acceptors (Lipinski definition) is 3. The average molecular weight is 280 g/mol. The zero-order chi connectivity index (χ0) is 14.4. The molecule has 0 aliphatic carbocycles. The number of aromatic nitrogens is 1. The zero-order valence-corrected chi connectivity index (χ0v) is 11.4. The second-order valence-corrected chi connectivity index (χ2v) is 4.51. The van der Waals surface area contributed by atoms with Gasteiger partial charge in [0.05, 0.1) is 5.52 Å². The van der Waals surface area contributed by atoms with Crippen LogP contribution in [0.15, 0.2) is 36.5 Å². The van der Waals surface area contributed by atoms with Gasteiger partial charge in [0.15, 0.2) is 0 Å². The van der Waals surface area contributed by atoms with E-state index in [0.29, 0.717) is 13.0 Å². The van der Waals surface area contributed by atoms with Crippen LogP contribution in [0.3, 0.4) is 0 Å². The Balaban J connectivity index is 2.09. The first kappa shape index (κ1) is 14.8. The number of rotatable bonds is 7. The molecule has 0 aliphatic rings. The fraction of sp³-hybridized carbons (Fsp3) is 0.400. The fourth-order valence-electron chi connectivity index (χ4n) is 2.26. The lowest BCUT2D eigenvalue weighted by molar-refractivity contribution is 0.0146. The van der Waals surface area contributed by atoms with Crippen LogP contribution < -0.4 is 5.32 Å². The van der Waals surface area contributed by atoms with Crippen molar-refractivity contribution in [2.24, 2.45) is 0 Å². The molecule has 1 aromatic carbocycles. The number of halogens is 2. The molecule has 3 nitrogen and oxygen atoms in total. The summed E-state index contributed by atoms with van der Waals surface area (Å²) in [6.45, 7) is -0.208. The van der Waals surface area contributed by atoms with E-state index in [1.807, 2.05) is 37.4 Å². The van der Waals surface area contributed by atoms with E-state index in [-0.39, 0.29) is 6.04 Å². The number of fused-ring (bicyclic) bond motifs is 1. The summed E-state index contributed by atoms with van der Waals surface area (Å²) in [4.78, 5) is 4.32. The van der Waals surface area contributed by atoms with Crippen LogP contribution in [0.25, 0.3) is 10.9 Å². The largest absolute Gasteiger partial charge is 0.375 e. The van der Waals surface area contributed by atoms with Gasteiger partial charge >= 0.3 is 0 Å². The molecule has 0 amide bonds. The van der Waals surface area contributed by atoms with E-state index in [2.05, 4.69) is 10.3 Å². The average Bonchev–Trinajstić information content (AvgIpc) is 2.47. The van der Waals surface area contributed by atoms with Gasteiger partial charge in [0.25, 0.3) is 6.43 Å². The van der Waals surface area contributed by atoms with E-state index in [1.165, 1.54) is 0 Å². The Morgan fingerprint density at radius 3 is 2.85 bits per heavy atom. The van der Waals surface area contributed by atoms with Crippen molar-refractivity contribution in [2.75, 3.05) is 20.3 Å². The molecule has 108 valence electrons. The smallest absolute Gasteiger partial charge is 0.261 e. The number of pyridine rings is 1. The molecule has 5 heteroatoms. The number of hydrogen-bond donors (Lipinski definition) is 1. The van der Waals surface area contributed by atoms with Gasteiger partial charge < -0.3 is 10.1 Å². The van der Waals surface area contributed by atoms with Crippen molar-refractivity contribution < 1.29 is 13.5 Å². The van der Waals surface area contributed by atoms with Crippen molar-refractivity contribution in [2.45, 2.75) is 18.9 Å². The van der Waals surface area contributed by atoms with Crippen LogP contribution in [0.5, 0.6) is 0 Å². The summed E-state index contributed by atoms with van der Waals surface area (Å²) in [5, 5.41) is 4.28. The van der Waals surface area contributed by atoms with Crippen LogP contribution in [-0.2, 0) is 4.74 Å². The van der Waals surface area contributed by atoms with E-state index < -0.39 is 13.0 Å². The van der Waals surface area contributed by atoms with Crippen LogP contribution in [0, 0.1) is 0 Å².